The lowest BCUT2D eigenvalue weighted by Gasteiger charge is -2.02. The standard InChI is InChI=1S/C22H13NO6/c24-21(16-9-13-5-1-4-8-18(13)28-22(16)25)26-12-15-11-20(29-23-15)19-10-14-6-2-3-7-17(14)27-19/h1-11H,12H2. The summed E-state index contributed by atoms with van der Waals surface area (Å²) in [5, 5.41) is 5.46. The Bertz CT molecular complexity index is 1370. The molecule has 0 radical (unpaired) electrons. The van der Waals surface area contributed by atoms with Gasteiger partial charge < -0.3 is 18.1 Å². The van der Waals surface area contributed by atoms with Crippen molar-refractivity contribution in [3.8, 4) is 11.5 Å². The average Bonchev–Trinajstić information content (AvgIpc) is 3.38. The van der Waals surface area contributed by atoms with E-state index >= 15 is 0 Å². The van der Waals surface area contributed by atoms with Crippen LogP contribution >= 0.6 is 0 Å². The van der Waals surface area contributed by atoms with Gasteiger partial charge in [-0.05, 0) is 24.3 Å². The number of aromatic nitrogens is 1. The minimum absolute atomic E-state index is 0.158. The Balaban J connectivity index is 1.33. The molecule has 0 aliphatic carbocycles. The predicted molar refractivity (Wildman–Crippen MR) is 103 cm³/mol. The second-order valence-corrected chi connectivity index (χ2v) is 6.39. The van der Waals surface area contributed by atoms with Crippen molar-refractivity contribution in [3.63, 3.8) is 0 Å². The zero-order valence-corrected chi connectivity index (χ0v) is 15.0. The number of benzene rings is 2. The highest BCUT2D eigenvalue weighted by atomic mass is 16.5. The molecule has 0 amide bonds. The van der Waals surface area contributed by atoms with Crippen molar-refractivity contribution < 1.29 is 22.9 Å². The van der Waals surface area contributed by atoms with Crippen molar-refractivity contribution in [1.82, 2.24) is 5.16 Å². The maximum atomic E-state index is 12.3. The molecule has 142 valence electrons. The number of furan rings is 1. The highest BCUT2D eigenvalue weighted by molar-refractivity contribution is 5.92. The van der Waals surface area contributed by atoms with Crippen molar-refractivity contribution in [2.75, 3.05) is 0 Å². The van der Waals surface area contributed by atoms with E-state index in [1.165, 1.54) is 6.07 Å². The first-order valence-electron chi connectivity index (χ1n) is 8.82. The van der Waals surface area contributed by atoms with Crippen molar-refractivity contribution in [2.45, 2.75) is 6.61 Å². The first-order chi connectivity index (χ1) is 14.2. The average molecular weight is 387 g/mol. The van der Waals surface area contributed by atoms with Crippen LogP contribution in [0.4, 0.5) is 0 Å². The largest absolute Gasteiger partial charge is 0.455 e. The number of hydrogen-bond donors (Lipinski definition) is 0. The van der Waals surface area contributed by atoms with Gasteiger partial charge in [-0.25, -0.2) is 9.59 Å². The fourth-order valence-corrected chi connectivity index (χ4v) is 3.02. The Hall–Kier alpha value is -4.13. The molecule has 3 aromatic heterocycles. The third-order valence-electron chi connectivity index (χ3n) is 4.44. The molecule has 0 N–H and O–H groups in total. The van der Waals surface area contributed by atoms with Crippen LogP contribution in [0, 0.1) is 0 Å². The van der Waals surface area contributed by atoms with Gasteiger partial charge in [0.2, 0.25) is 5.76 Å². The Kier molecular flexibility index (Phi) is 3.98. The number of esters is 1. The number of ether oxygens (including phenoxy) is 1. The molecule has 3 heterocycles. The van der Waals surface area contributed by atoms with Crippen molar-refractivity contribution in [3.05, 3.63) is 88.4 Å². The smallest absolute Gasteiger partial charge is 0.351 e. The van der Waals surface area contributed by atoms with E-state index in [0.717, 1.165) is 11.0 Å². The van der Waals surface area contributed by atoms with Gasteiger partial charge in [0.05, 0.1) is 0 Å². The number of rotatable bonds is 4. The lowest BCUT2D eigenvalue weighted by molar-refractivity contribution is 0.0459. The minimum atomic E-state index is -0.794. The first kappa shape index (κ1) is 17.0. The fourth-order valence-electron chi connectivity index (χ4n) is 3.02. The van der Waals surface area contributed by atoms with Crippen LogP contribution in [0.2, 0.25) is 0 Å². The molecular formula is C22H13NO6. The minimum Gasteiger partial charge on any atom is -0.455 e. The molecule has 0 saturated heterocycles. The molecule has 0 aliphatic heterocycles. The van der Waals surface area contributed by atoms with Crippen LogP contribution in [0.15, 0.2) is 84.9 Å². The summed E-state index contributed by atoms with van der Waals surface area (Å²) in [4.78, 5) is 24.4. The van der Waals surface area contributed by atoms with E-state index in [-0.39, 0.29) is 12.2 Å². The van der Waals surface area contributed by atoms with Gasteiger partial charge in [-0.1, -0.05) is 41.6 Å². The zero-order chi connectivity index (χ0) is 19.8. The summed E-state index contributed by atoms with van der Waals surface area (Å²) >= 11 is 0. The van der Waals surface area contributed by atoms with Gasteiger partial charge in [-0.3, -0.25) is 0 Å². The predicted octanol–water partition coefficient (Wildman–Crippen LogP) is 4.55. The van der Waals surface area contributed by atoms with Gasteiger partial charge in [0.25, 0.3) is 0 Å². The molecule has 0 atom stereocenters. The first-order valence-corrected chi connectivity index (χ1v) is 8.82. The summed E-state index contributed by atoms with van der Waals surface area (Å²) in [5.74, 6) is 0.140. The Labute approximate surface area is 163 Å². The highest BCUT2D eigenvalue weighted by Gasteiger charge is 2.17. The molecule has 7 heteroatoms. The van der Waals surface area contributed by atoms with E-state index in [1.54, 1.807) is 30.3 Å². The molecule has 0 bridgehead atoms. The van der Waals surface area contributed by atoms with E-state index in [0.29, 0.717) is 28.2 Å². The van der Waals surface area contributed by atoms with Crippen LogP contribution in [0.1, 0.15) is 16.1 Å². The molecule has 7 nitrogen and oxygen atoms in total. The number of carbonyl (C=O) groups is 1. The van der Waals surface area contributed by atoms with Crippen molar-refractivity contribution >= 4 is 27.9 Å². The van der Waals surface area contributed by atoms with Gasteiger partial charge in [-0.2, -0.15) is 0 Å². The molecule has 0 spiro atoms. The van der Waals surface area contributed by atoms with Gasteiger partial charge in [0, 0.05) is 16.8 Å². The fraction of sp³-hybridized carbons (Fsp3) is 0.0455. The van der Waals surface area contributed by atoms with Crippen molar-refractivity contribution in [1.29, 1.82) is 0 Å². The molecular weight excluding hydrogens is 374 g/mol. The number of fused-ring (bicyclic) bond motifs is 2. The summed E-state index contributed by atoms with van der Waals surface area (Å²) in [6.45, 7) is -0.158. The van der Waals surface area contributed by atoms with Crippen LogP contribution < -0.4 is 5.63 Å². The van der Waals surface area contributed by atoms with Crippen LogP contribution in [0.3, 0.4) is 0 Å². The Morgan fingerprint density at radius 2 is 1.55 bits per heavy atom. The maximum Gasteiger partial charge on any atom is 0.351 e. The molecule has 29 heavy (non-hydrogen) atoms. The highest BCUT2D eigenvalue weighted by Crippen LogP contribution is 2.28. The van der Waals surface area contributed by atoms with Crippen LogP contribution in [-0.4, -0.2) is 11.1 Å². The molecule has 0 saturated carbocycles. The number of nitrogens with zero attached hydrogens (tertiary/aromatic N) is 1. The lowest BCUT2D eigenvalue weighted by Crippen LogP contribution is -2.16. The van der Waals surface area contributed by atoms with Crippen LogP contribution in [0.5, 0.6) is 0 Å². The van der Waals surface area contributed by atoms with Gasteiger partial charge >= 0.3 is 11.6 Å². The van der Waals surface area contributed by atoms with E-state index in [4.69, 9.17) is 18.1 Å². The zero-order valence-electron chi connectivity index (χ0n) is 15.0. The summed E-state index contributed by atoms with van der Waals surface area (Å²) in [6.07, 6.45) is 0. The third kappa shape index (κ3) is 3.19. The molecule has 2 aromatic carbocycles. The van der Waals surface area contributed by atoms with Gasteiger partial charge in [0.15, 0.2) is 5.76 Å². The molecule has 0 unspecified atom stereocenters. The summed E-state index contributed by atoms with van der Waals surface area (Å²) < 4.78 is 21.4. The Morgan fingerprint density at radius 3 is 2.31 bits per heavy atom. The third-order valence-corrected chi connectivity index (χ3v) is 4.44. The van der Waals surface area contributed by atoms with E-state index in [1.807, 2.05) is 30.3 Å². The quantitative estimate of drug-likeness (QED) is 0.330. The Morgan fingerprint density at radius 1 is 0.862 bits per heavy atom. The van der Waals surface area contributed by atoms with Gasteiger partial charge in [-0.15, -0.1) is 0 Å². The summed E-state index contributed by atoms with van der Waals surface area (Å²) in [6, 6.07) is 19.4. The summed E-state index contributed by atoms with van der Waals surface area (Å²) in [5.41, 5.74) is 0.594. The number of para-hydroxylation sites is 2. The topological polar surface area (TPSA) is 95.7 Å². The monoisotopic (exact) mass is 387 g/mol. The second kappa shape index (κ2) is 6.79. The lowest BCUT2D eigenvalue weighted by atomic mass is 10.2. The second-order valence-electron chi connectivity index (χ2n) is 6.39. The van der Waals surface area contributed by atoms with Gasteiger partial charge in [0.1, 0.15) is 29.0 Å². The van der Waals surface area contributed by atoms with Crippen LogP contribution in [0.25, 0.3) is 33.5 Å². The van der Waals surface area contributed by atoms with E-state index < -0.39 is 11.6 Å². The maximum absolute atomic E-state index is 12.3. The summed E-state index contributed by atoms with van der Waals surface area (Å²) in [7, 11) is 0. The number of carbonyl (C=O) groups excluding carboxylic acids is 1. The van der Waals surface area contributed by atoms with E-state index in [9.17, 15) is 9.59 Å². The van der Waals surface area contributed by atoms with Crippen molar-refractivity contribution in [2.24, 2.45) is 0 Å². The van der Waals surface area contributed by atoms with E-state index in [2.05, 4.69) is 5.16 Å². The molecule has 0 aliphatic rings. The SMILES string of the molecule is O=C(OCc1cc(-c2cc3ccccc3o2)on1)c1cc2ccccc2oc1=O. The normalized spacial score (nSPS) is 11.2. The number of hydrogen-bond acceptors (Lipinski definition) is 7. The van der Waals surface area contributed by atoms with Crippen LogP contribution in [-0.2, 0) is 11.3 Å². The molecule has 5 rings (SSSR count). The molecule has 0 fully saturated rings. The molecule has 5 aromatic rings.